The molecule has 0 saturated carbocycles. The van der Waals surface area contributed by atoms with E-state index in [2.05, 4.69) is 5.32 Å². The molecule has 1 heterocycles. The molecule has 1 aromatic carbocycles. The number of hydrogen-bond acceptors (Lipinski definition) is 4. The molecule has 6 heteroatoms. The summed E-state index contributed by atoms with van der Waals surface area (Å²) >= 11 is 0. The third kappa shape index (κ3) is 4.10. The zero-order chi connectivity index (χ0) is 15.2. The van der Waals surface area contributed by atoms with Crippen LogP contribution in [0.25, 0.3) is 0 Å². The van der Waals surface area contributed by atoms with Gasteiger partial charge in [-0.25, -0.2) is 0 Å². The standard InChI is InChI=1S/C15H17N3O3/c1-2-21-13-6-4-12(5-7-13)17-14(19)10-18-9-11(16)3-8-15(18)20/h3-9H,2,10,16H2,1H3,(H,17,19). The maximum absolute atomic E-state index is 11.9. The lowest BCUT2D eigenvalue weighted by Gasteiger charge is -2.09. The van der Waals surface area contributed by atoms with Gasteiger partial charge in [0.15, 0.2) is 0 Å². The fraction of sp³-hybridized carbons (Fsp3) is 0.200. The van der Waals surface area contributed by atoms with E-state index in [1.807, 2.05) is 6.92 Å². The number of nitrogens with two attached hydrogens (primary N) is 1. The molecular formula is C15H17N3O3. The smallest absolute Gasteiger partial charge is 0.251 e. The van der Waals surface area contributed by atoms with Crippen LogP contribution in [0.2, 0.25) is 0 Å². The van der Waals surface area contributed by atoms with Crippen LogP contribution in [0.1, 0.15) is 6.92 Å². The first kappa shape index (κ1) is 14.6. The fourth-order valence-corrected chi connectivity index (χ4v) is 1.83. The molecule has 0 unspecified atom stereocenters. The van der Waals surface area contributed by atoms with Crippen LogP contribution in [0.5, 0.6) is 5.75 Å². The van der Waals surface area contributed by atoms with Crippen molar-refractivity contribution in [1.29, 1.82) is 0 Å². The molecule has 0 atom stereocenters. The molecular weight excluding hydrogens is 270 g/mol. The monoisotopic (exact) mass is 287 g/mol. The number of hydrogen-bond donors (Lipinski definition) is 2. The Morgan fingerprint density at radius 1 is 1.24 bits per heavy atom. The molecule has 21 heavy (non-hydrogen) atoms. The summed E-state index contributed by atoms with van der Waals surface area (Å²) in [4.78, 5) is 23.5. The number of pyridine rings is 1. The van der Waals surface area contributed by atoms with E-state index in [-0.39, 0.29) is 18.0 Å². The van der Waals surface area contributed by atoms with E-state index in [4.69, 9.17) is 10.5 Å². The molecule has 2 rings (SSSR count). The van der Waals surface area contributed by atoms with Crippen LogP contribution in [-0.2, 0) is 11.3 Å². The predicted molar refractivity (Wildman–Crippen MR) is 81.4 cm³/mol. The van der Waals surface area contributed by atoms with Crippen LogP contribution in [0.4, 0.5) is 11.4 Å². The number of ether oxygens (including phenoxy) is 1. The Morgan fingerprint density at radius 2 is 1.95 bits per heavy atom. The van der Waals surface area contributed by atoms with Crippen molar-refractivity contribution in [3.8, 4) is 5.75 Å². The number of carbonyl (C=O) groups excluding carboxylic acids is 1. The van der Waals surface area contributed by atoms with Gasteiger partial charge in [0.25, 0.3) is 5.56 Å². The Bertz CT molecular complexity index is 677. The first-order valence-corrected chi connectivity index (χ1v) is 6.57. The summed E-state index contributed by atoms with van der Waals surface area (Å²) in [7, 11) is 0. The molecule has 1 aromatic heterocycles. The quantitative estimate of drug-likeness (QED) is 0.872. The van der Waals surface area contributed by atoms with E-state index in [0.29, 0.717) is 18.0 Å². The maximum atomic E-state index is 11.9. The second-order valence-electron chi connectivity index (χ2n) is 4.43. The third-order valence-electron chi connectivity index (χ3n) is 2.77. The first-order valence-electron chi connectivity index (χ1n) is 6.57. The van der Waals surface area contributed by atoms with Crippen LogP contribution in [0.15, 0.2) is 47.4 Å². The first-order chi connectivity index (χ1) is 10.1. The van der Waals surface area contributed by atoms with E-state index in [1.165, 1.54) is 22.9 Å². The maximum Gasteiger partial charge on any atom is 0.251 e. The van der Waals surface area contributed by atoms with Gasteiger partial charge in [0.2, 0.25) is 5.91 Å². The Labute approximate surface area is 122 Å². The lowest BCUT2D eigenvalue weighted by atomic mass is 10.3. The lowest BCUT2D eigenvalue weighted by molar-refractivity contribution is -0.116. The Morgan fingerprint density at radius 3 is 2.62 bits per heavy atom. The van der Waals surface area contributed by atoms with Crippen molar-refractivity contribution < 1.29 is 9.53 Å². The number of anilines is 2. The number of rotatable bonds is 5. The molecule has 0 aliphatic carbocycles. The topological polar surface area (TPSA) is 86.3 Å². The molecule has 0 radical (unpaired) electrons. The Hall–Kier alpha value is -2.76. The molecule has 0 fully saturated rings. The summed E-state index contributed by atoms with van der Waals surface area (Å²) in [5.74, 6) is 0.439. The molecule has 0 spiro atoms. The summed E-state index contributed by atoms with van der Waals surface area (Å²) in [6, 6.07) is 9.86. The van der Waals surface area contributed by atoms with Gasteiger partial charge in [-0.05, 0) is 37.3 Å². The van der Waals surface area contributed by atoms with Gasteiger partial charge in [0.05, 0.1) is 6.61 Å². The zero-order valence-corrected chi connectivity index (χ0v) is 11.7. The minimum Gasteiger partial charge on any atom is -0.494 e. The SMILES string of the molecule is CCOc1ccc(NC(=O)Cn2cc(N)ccc2=O)cc1. The fourth-order valence-electron chi connectivity index (χ4n) is 1.83. The third-order valence-corrected chi connectivity index (χ3v) is 2.77. The van der Waals surface area contributed by atoms with Gasteiger partial charge in [-0.2, -0.15) is 0 Å². The van der Waals surface area contributed by atoms with Crippen molar-refractivity contribution >= 4 is 17.3 Å². The predicted octanol–water partition coefficient (Wildman–Crippen LogP) is 1.47. The molecule has 0 aliphatic rings. The van der Waals surface area contributed by atoms with Crippen molar-refractivity contribution in [2.75, 3.05) is 17.7 Å². The van der Waals surface area contributed by atoms with Gasteiger partial charge in [-0.1, -0.05) is 0 Å². The molecule has 3 N–H and O–H groups in total. The number of aromatic nitrogens is 1. The van der Waals surface area contributed by atoms with Gasteiger partial charge in [0.1, 0.15) is 12.3 Å². The van der Waals surface area contributed by atoms with Crippen molar-refractivity contribution in [2.24, 2.45) is 0 Å². The van der Waals surface area contributed by atoms with Crippen molar-refractivity contribution in [3.05, 3.63) is 52.9 Å². The van der Waals surface area contributed by atoms with Crippen LogP contribution in [-0.4, -0.2) is 17.1 Å². The van der Waals surface area contributed by atoms with Crippen LogP contribution < -0.4 is 21.3 Å². The summed E-state index contributed by atoms with van der Waals surface area (Å²) < 4.78 is 6.58. The summed E-state index contributed by atoms with van der Waals surface area (Å²) in [6.45, 7) is 2.40. The molecule has 6 nitrogen and oxygen atoms in total. The number of nitrogens with zero attached hydrogens (tertiary/aromatic N) is 1. The normalized spacial score (nSPS) is 10.1. The highest BCUT2D eigenvalue weighted by atomic mass is 16.5. The van der Waals surface area contributed by atoms with E-state index >= 15 is 0 Å². The van der Waals surface area contributed by atoms with Crippen molar-refractivity contribution in [2.45, 2.75) is 13.5 Å². The van der Waals surface area contributed by atoms with Gasteiger partial charge in [-0.3, -0.25) is 9.59 Å². The minimum atomic E-state index is -0.299. The van der Waals surface area contributed by atoms with E-state index in [9.17, 15) is 9.59 Å². The van der Waals surface area contributed by atoms with E-state index in [1.54, 1.807) is 24.3 Å². The highest BCUT2D eigenvalue weighted by molar-refractivity contribution is 5.90. The summed E-state index contributed by atoms with van der Waals surface area (Å²) in [5, 5.41) is 2.71. The highest BCUT2D eigenvalue weighted by Crippen LogP contribution is 2.15. The second kappa shape index (κ2) is 6.60. The van der Waals surface area contributed by atoms with Gasteiger partial charge < -0.3 is 20.4 Å². The largest absolute Gasteiger partial charge is 0.494 e. The molecule has 2 aromatic rings. The molecule has 0 bridgehead atoms. The van der Waals surface area contributed by atoms with Gasteiger partial charge in [-0.15, -0.1) is 0 Å². The molecule has 0 aliphatic heterocycles. The zero-order valence-electron chi connectivity index (χ0n) is 11.7. The second-order valence-corrected chi connectivity index (χ2v) is 4.43. The number of nitrogens with one attached hydrogen (secondary N) is 1. The van der Waals surface area contributed by atoms with Crippen molar-refractivity contribution in [3.63, 3.8) is 0 Å². The number of nitrogen functional groups attached to an aromatic ring is 1. The Balaban J connectivity index is 2.01. The number of carbonyl (C=O) groups is 1. The van der Waals surface area contributed by atoms with Gasteiger partial charge in [0, 0.05) is 23.6 Å². The summed E-state index contributed by atoms with van der Waals surface area (Å²) in [5.41, 5.74) is 6.40. The molecule has 110 valence electrons. The molecule has 1 amide bonds. The van der Waals surface area contributed by atoms with Gasteiger partial charge >= 0.3 is 0 Å². The molecule has 0 saturated heterocycles. The summed E-state index contributed by atoms with van der Waals surface area (Å²) in [6.07, 6.45) is 1.44. The van der Waals surface area contributed by atoms with Crippen LogP contribution in [0, 0.1) is 0 Å². The average molecular weight is 287 g/mol. The minimum absolute atomic E-state index is 0.0862. The Kier molecular flexibility index (Phi) is 4.61. The lowest BCUT2D eigenvalue weighted by Crippen LogP contribution is -2.26. The number of benzene rings is 1. The van der Waals surface area contributed by atoms with E-state index < -0.39 is 0 Å². The number of amides is 1. The van der Waals surface area contributed by atoms with Crippen molar-refractivity contribution in [1.82, 2.24) is 4.57 Å². The van der Waals surface area contributed by atoms with Crippen LogP contribution >= 0.6 is 0 Å². The van der Waals surface area contributed by atoms with Crippen LogP contribution in [0.3, 0.4) is 0 Å². The highest BCUT2D eigenvalue weighted by Gasteiger charge is 2.05. The van der Waals surface area contributed by atoms with E-state index in [0.717, 1.165) is 5.75 Å². The average Bonchev–Trinajstić information content (AvgIpc) is 2.45.